The zero-order valence-electron chi connectivity index (χ0n) is 16.4. The van der Waals surface area contributed by atoms with Crippen LogP contribution < -0.4 is 9.80 Å². The molecule has 1 aliphatic carbocycles. The second kappa shape index (κ2) is 6.93. The molecular weight excluding hydrogens is 344 g/mol. The van der Waals surface area contributed by atoms with Gasteiger partial charge in [-0.15, -0.1) is 0 Å². The molecule has 0 saturated heterocycles. The third-order valence-electron chi connectivity index (χ3n) is 6.24. The van der Waals surface area contributed by atoms with Crippen LogP contribution in [0.1, 0.15) is 44.7 Å². The van der Waals surface area contributed by atoms with E-state index in [0.29, 0.717) is 0 Å². The molecule has 4 nitrogen and oxygen atoms in total. The van der Waals surface area contributed by atoms with Gasteiger partial charge in [0.25, 0.3) is 0 Å². The second-order valence-corrected chi connectivity index (χ2v) is 8.19. The van der Waals surface area contributed by atoms with Crippen molar-refractivity contribution < 1.29 is 0 Å². The van der Waals surface area contributed by atoms with Crippen molar-refractivity contribution in [1.29, 1.82) is 0 Å². The van der Waals surface area contributed by atoms with E-state index >= 15 is 0 Å². The number of benzene rings is 2. The van der Waals surface area contributed by atoms with Gasteiger partial charge in [-0.2, -0.15) is 0 Å². The van der Waals surface area contributed by atoms with Gasteiger partial charge < -0.3 is 9.80 Å². The molecule has 1 aliphatic heterocycles. The monoisotopic (exact) mass is 370 g/mol. The maximum absolute atomic E-state index is 5.20. The summed E-state index contributed by atoms with van der Waals surface area (Å²) in [6.07, 6.45) is 8.34. The Bertz CT molecular complexity index is 949. The highest BCUT2D eigenvalue weighted by Crippen LogP contribution is 2.44. The zero-order chi connectivity index (χ0) is 19.0. The molecule has 1 fully saturated rings. The Labute approximate surface area is 166 Å². The highest BCUT2D eigenvalue weighted by molar-refractivity contribution is 5.81. The quantitative estimate of drug-likeness (QED) is 0.570. The van der Waals surface area contributed by atoms with Crippen LogP contribution in [-0.4, -0.2) is 16.6 Å². The summed E-state index contributed by atoms with van der Waals surface area (Å²) in [5.74, 6) is 1.91. The molecular formula is C24H26N4. The molecule has 0 spiro atoms. The number of rotatable bonds is 3. The molecule has 2 heterocycles. The van der Waals surface area contributed by atoms with Crippen LogP contribution in [0.25, 0.3) is 0 Å². The van der Waals surface area contributed by atoms with E-state index in [-0.39, 0.29) is 5.41 Å². The standard InChI is InChI=1S/C24H26N4/c1-24(15-9-4-10-16-24)21-17-25-22-23(26-21)28(20-13-7-3-8-14-20)18-27(22)19-11-5-2-6-12-19/h2-3,5-8,11-14,17H,4,9-10,15-16,18H2,1H3. The number of hydrogen-bond acceptors (Lipinski definition) is 4. The van der Waals surface area contributed by atoms with Gasteiger partial charge in [0.1, 0.15) is 6.67 Å². The first-order chi connectivity index (χ1) is 13.7. The van der Waals surface area contributed by atoms with Crippen LogP contribution in [0.2, 0.25) is 0 Å². The molecule has 2 aliphatic rings. The Morgan fingerprint density at radius 3 is 1.93 bits per heavy atom. The van der Waals surface area contributed by atoms with Crippen LogP contribution in [-0.2, 0) is 5.41 Å². The van der Waals surface area contributed by atoms with Gasteiger partial charge in [0.05, 0.1) is 11.9 Å². The summed E-state index contributed by atoms with van der Waals surface area (Å²) in [6, 6.07) is 21.0. The summed E-state index contributed by atoms with van der Waals surface area (Å²) in [5, 5.41) is 0. The molecule has 28 heavy (non-hydrogen) atoms. The fraction of sp³-hybridized carbons (Fsp3) is 0.333. The van der Waals surface area contributed by atoms with Gasteiger partial charge in [-0.1, -0.05) is 62.6 Å². The van der Waals surface area contributed by atoms with Gasteiger partial charge >= 0.3 is 0 Å². The second-order valence-electron chi connectivity index (χ2n) is 8.19. The SMILES string of the molecule is CC1(c2cnc3c(n2)N(c2ccccc2)CN3c2ccccc2)CCCCC1. The predicted molar refractivity (Wildman–Crippen MR) is 114 cm³/mol. The molecule has 0 atom stereocenters. The van der Waals surface area contributed by atoms with Gasteiger partial charge in [0.15, 0.2) is 11.6 Å². The van der Waals surface area contributed by atoms with Crippen molar-refractivity contribution in [3.05, 3.63) is 72.6 Å². The highest BCUT2D eigenvalue weighted by Gasteiger charge is 2.35. The summed E-state index contributed by atoms with van der Waals surface area (Å²) in [6.45, 7) is 3.09. The average molecular weight is 371 g/mol. The maximum Gasteiger partial charge on any atom is 0.178 e. The van der Waals surface area contributed by atoms with E-state index in [9.17, 15) is 0 Å². The van der Waals surface area contributed by atoms with Crippen molar-refractivity contribution >= 4 is 23.0 Å². The molecule has 2 aromatic carbocycles. The lowest BCUT2D eigenvalue weighted by molar-refractivity contribution is 0.311. The van der Waals surface area contributed by atoms with Crippen LogP contribution in [0.5, 0.6) is 0 Å². The molecule has 3 aromatic rings. The number of hydrogen-bond donors (Lipinski definition) is 0. The van der Waals surface area contributed by atoms with E-state index in [1.54, 1.807) is 0 Å². The lowest BCUT2D eigenvalue weighted by Crippen LogP contribution is -2.27. The van der Waals surface area contributed by atoms with E-state index in [4.69, 9.17) is 9.97 Å². The van der Waals surface area contributed by atoms with Gasteiger partial charge in [0, 0.05) is 16.8 Å². The van der Waals surface area contributed by atoms with Crippen molar-refractivity contribution in [3.8, 4) is 0 Å². The molecule has 5 rings (SSSR count). The summed E-state index contributed by atoms with van der Waals surface area (Å²) < 4.78 is 0. The number of anilines is 4. The van der Waals surface area contributed by atoms with Gasteiger partial charge in [0.2, 0.25) is 0 Å². The Morgan fingerprint density at radius 2 is 1.32 bits per heavy atom. The topological polar surface area (TPSA) is 32.3 Å². The van der Waals surface area contributed by atoms with Gasteiger partial charge in [-0.05, 0) is 37.1 Å². The number of fused-ring (bicyclic) bond motifs is 1. The summed E-state index contributed by atoms with van der Waals surface area (Å²) in [7, 11) is 0. The molecule has 1 saturated carbocycles. The third kappa shape index (κ3) is 2.93. The molecule has 0 unspecified atom stereocenters. The molecule has 0 N–H and O–H groups in total. The normalized spacial score (nSPS) is 18.2. The smallest absolute Gasteiger partial charge is 0.178 e. The van der Waals surface area contributed by atoms with E-state index in [2.05, 4.69) is 71.3 Å². The molecule has 0 radical (unpaired) electrons. The van der Waals surface area contributed by atoms with Crippen LogP contribution in [0, 0.1) is 0 Å². The Hall–Kier alpha value is -2.88. The van der Waals surface area contributed by atoms with Crippen molar-refractivity contribution in [2.24, 2.45) is 0 Å². The molecule has 142 valence electrons. The first-order valence-electron chi connectivity index (χ1n) is 10.3. The molecule has 4 heteroatoms. The Morgan fingerprint density at radius 1 is 0.750 bits per heavy atom. The van der Waals surface area contributed by atoms with Crippen molar-refractivity contribution in [2.75, 3.05) is 16.5 Å². The Balaban J connectivity index is 1.60. The van der Waals surface area contributed by atoms with Gasteiger partial charge in [-0.25, -0.2) is 9.97 Å². The van der Waals surface area contributed by atoms with E-state index in [0.717, 1.165) is 35.4 Å². The fourth-order valence-corrected chi connectivity index (χ4v) is 4.52. The van der Waals surface area contributed by atoms with Crippen LogP contribution in [0.4, 0.5) is 23.0 Å². The lowest BCUT2D eigenvalue weighted by atomic mass is 9.73. The largest absolute Gasteiger partial charge is 0.305 e. The van der Waals surface area contributed by atoms with Crippen LogP contribution in [0.3, 0.4) is 0 Å². The van der Waals surface area contributed by atoms with Crippen LogP contribution >= 0.6 is 0 Å². The first kappa shape index (κ1) is 17.2. The van der Waals surface area contributed by atoms with Crippen molar-refractivity contribution in [1.82, 2.24) is 9.97 Å². The molecule has 1 aromatic heterocycles. The highest BCUT2D eigenvalue weighted by atomic mass is 15.4. The van der Waals surface area contributed by atoms with Gasteiger partial charge in [-0.3, -0.25) is 0 Å². The Kier molecular flexibility index (Phi) is 4.27. The number of para-hydroxylation sites is 2. The van der Waals surface area contributed by atoms with Crippen LogP contribution in [0.15, 0.2) is 66.9 Å². The summed E-state index contributed by atoms with van der Waals surface area (Å²) in [5.41, 5.74) is 3.58. The third-order valence-corrected chi connectivity index (χ3v) is 6.24. The first-order valence-corrected chi connectivity index (χ1v) is 10.3. The van der Waals surface area contributed by atoms with Crippen molar-refractivity contribution in [3.63, 3.8) is 0 Å². The average Bonchev–Trinajstić information content (AvgIpc) is 3.14. The minimum absolute atomic E-state index is 0.142. The van der Waals surface area contributed by atoms with Crippen molar-refractivity contribution in [2.45, 2.75) is 44.4 Å². The summed E-state index contributed by atoms with van der Waals surface area (Å²) in [4.78, 5) is 14.7. The van der Waals surface area contributed by atoms with E-state index in [1.165, 1.54) is 32.1 Å². The van der Waals surface area contributed by atoms with E-state index in [1.807, 2.05) is 12.3 Å². The molecule has 0 bridgehead atoms. The lowest BCUT2D eigenvalue weighted by Gasteiger charge is -2.33. The zero-order valence-corrected chi connectivity index (χ0v) is 16.4. The molecule has 0 amide bonds. The number of aromatic nitrogens is 2. The maximum atomic E-state index is 5.20. The minimum Gasteiger partial charge on any atom is -0.305 e. The minimum atomic E-state index is 0.142. The van der Waals surface area contributed by atoms with E-state index < -0.39 is 0 Å². The summed E-state index contributed by atoms with van der Waals surface area (Å²) >= 11 is 0. The predicted octanol–water partition coefficient (Wildman–Crippen LogP) is 5.95. The fourth-order valence-electron chi connectivity index (χ4n) is 4.52. The number of nitrogens with zero attached hydrogens (tertiary/aromatic N) is 4.